The second-order valence-electron chi connectivity index (χ2n) is 3.20. The fraction of sp³-hybridized carbons (Fsp3) is 0. The zero-order valence-corrected chi connectivity index (χ0v) is 10.3. The van der Waals surface area contributed by atoms with E-state index in [1.807, 2.05) is 6.07 Å². The Bertz CT molecular complexity index is 551. The first-order chi connectivity index (χ1) is 7.59. The second kappa shape index (κ2) is 4.31. The van der Waals surface area contributed by atoms with Crippen molar-refractivity contribution in [3.8, 4) is 11.1 Å². The molecule has 1 heterocycles. The molecule has 0 radical (unpaired) electrons. The summed E-state index contributed by atoms with van der Waals surface area (Å²) in [6.07, 6.45) is 1.58. The van der Waals surface area contributed by atoms with Gasteiger partial charge >= 0.3 is 5.97 Å². The molecule has 3 nitrogen and oxygen atoms in total. The van der Waals surface area contributed by atoms with E-state index < -0.39 is 5.97 Å². The third kappa shape index (κ3) is 1.99. The van der Waals surface area contributed by atoms with Gasteiger partial charge in [0, 0.05) is 26.8 Å². The predicted molar refractivity (Wildman–Crippen MR) is 65.9 cm³/mol. The van der Waals surface area contributed by atoms with Crippen molar-refractivity contribution in [2.24, 2.45) is 0 Å². The first-order valence-corrected chi connectivity index (χ1v) is 5.63. The maximum atomic E-state index is 11.0. The lowest BCUT2D eigenvalue weighted by molar-refractivity contribution is 0.0692. The molecule has 2 N–H and O–H groups in total. The Morgan fingerprint density at radius 2 is 2.06 bits per heavy atom. The number of aromatic nitrogens is 1. The molecule has 0 atom stereocenters. The molecule has 1 aromatic heterocycles. The summed E-state index contributed by atoms with van der Waals surface area (Å²) in [5, 5.41) is 9.49. The summed E-state index contributed by atoms with van der Waals surface area (Å²) in [6.45, 7) is 0. The highest BCUT2D eigenvalue weighted by Crippen LogP contribution is 2.32. The van der Waals surface area contributed by atoms with Crippen LogP contribution in [0.3, 0.4) is 0 Å². The van der Waals surface area contributed by atoms with Gasteiger partial charge in [0.15, 0.2) is 0 Å². The van der Waals surface area contributed by atoms with Gasteiger partial charge in [-0.25, -0.2) is 4.79 Å². The lowest BCUT2D eigenvalue weighted by atomic mass is 10.1. The van der Waals surface area contributed by atoms with E-state index >= 15 is 0 Å². The molecule has 0 spiro atoms. The van der Waals surface area contributed by atoms with E-state index in [1.165, 1.54) is 0 Å². The van der Waals surface area contributed by atoms with Gasteiger partial charge in [0.1, 0.15) is 5.69 Å². The van der Waals surface area contributed by atoms with Gasteiger partial charge in [0.25, 0.3) is 0 Å². The summed E-state index contributed by atoms with van der Waals surface area (Å²) in [5.41, 5.74) is 1.43. The molecule has 16 heavy (non-hydrogen) atoms. The number of H-pyrrole nitrogens is 1. The van der Waals surface area contributed by atoms with Gasteiger partial charge in [-0.2, -0.15) is 0 Å². The minimum absolute atomic E-state index is 0.143. The molecular formula is C11H7BrClNO2. The molecule has 0 saturated heterocycles. The van der Waals surface area contributed by atoms with Crippen LogP contribution in [-0.2, 0) is 0 Å². The Balaban J connectivity index is 2.59. The van der Waals surface area contributed by atoms with Gasteiger partial charge in [-0.15, -0.1) is 0 Å². The molecule has 1 aromatic carbocycles. The van der Waals surface area contributed by atoms with Crippen LogP contribution in [-0.4, -0.2) is 16.1 Å². The van der Waals surface area contributed by atoms with E-state index in [9.17, 15) is 4.79 Å². The topological polar surface area (TPSA) is 53.1 Å². The van der Waals surface area contributed by atoms with Gasteiger partial charge in [0.2, 0.25) is 0 Å². The molecule has 0 unspecified atom stereocenters. The van der Waals surface area contributed by atoms with Crippen molar-refractivity contribution in [1.82, 2.24) is 4.98 Å². The molecule has 2 rings (SSSR count). The largest absolute Gasteiger partial charge is 0.477 e. The zero-order valence-electron chi connectivity index (χ0n) is 8.00. The van der Waals surface area contributed by atoms with Crippen molar-refractivity contribution in [3.05, 3.63) is 45.7 Å². The monoisotopic (exact) mass is 299 g/mol. The van der Waals surface area contributed by atoms with Crippen LogP contribution in [0.2, 0.25) is 5.02 Å². The van der Waals surface area contributed by atoms with Gasteiger partial charge in [-0.3, -0.25) is 0 Å². The number of aromatic amines is 1. The zero-order chi connectivity index (χ0) is 11.7. The Morgan fingerprint density at radius 1 is 1.31 bits per heavy atom. The SMILES string of the molecule is O=C(O)c1[nH]ccc1-c1ccc(Br)cc1Cl. The van der Waals surface area contributed by atoms with Crippen LogP contribution < -0.4 is 0 Å². The third-order valence-electron chi connectivity index (χ3n) is 2.18. The smallest absolute Gasteiger partial charge is 0.352 e. The first kappa shape index (κ1) is 11.2. The van der Waals surface area contributed by atoms with Crippen LogP contribution in [0, 0.1) is 0 Å². The number of carboxylic acid groups (broad SMARTS) is 1. The molecule has 82 valence electrons. The van der Waals surface area contributed by atoms with Crippen LogP contribution in [0.15, 0.2) is 34.9 Å². The lowest BCUT2D eigenvalue weighted by Gasteiger charge is -2.04. The predicted octanol–water partition coefficient (Wildman–Crippen LogP) is 3.80. The van der Waals surface area contributed by atoms with Crippen molar-refractivity contribution >= 4 is 33.5 Å². The molecule has 0 bridgehead atoms. The summed E-state index contributed by atoms with van der Waals surface area (Å²) < 4.78 is 0.855. The van der Waals surface area contributed by atoms with Crippen molar-refractivity contribution in [1.29, 1.82) is 0 Å². The van der Waals surface area contributed by atoms with Crippen LogP contribution in [0.25, 0.3) is 11.1 Å². The Kier molecular flexibility index (Phi) is 3.03. The average Bonchev–Trinajstić information content (AvgIpc) is 2.66. The number of carbonyl (C=O) groups is 1. The van der Waals surface area contributed by atoms with Crippen LogP contribution in [0.1, 0.15) is 10.5 Å². The Hall–Kier alpha value is -1.26. The summed E-state index contributed by atoms with van der Waals surface area (Å²) in [4.78, 5) is 13.6. The summed E-state index contributed by atoms with van der Waals surface area (Å²) >= 11 is 9.36. The van der Waals surface area contributed by atoms with Crippen molar-refractivity contribution in [2.45, 2.75) is 0 Å². The van der Waals surface area contributed by atoms with E-state index in [4.69, 9.17) is 16.7 Å². The van der Waals surface area contributed by atoms with Gasteiger partial charge in [-0.1, -0.05) is 33.6 Å². The van der Waals surface area contributed by atoms with Crippen molar-refractivity contribution in [2.75, 3.05) is 0 Å². The van der Waals surface area contributed by atoms with E-state index in [-0.39, 0.29) is 5.69 Å². The van der Waals surface area contributed by atoms with E-state index in [0.29, 0.717) is 16.1 Å². The Morgan fingerprint density at radius 3 is 2.69 bits per heavy atom. The maximum Gasteiger partial charge on any atom is 0.352 e. The molecule has 0 aliphatic carbocycles. The average molecular weight is 301 g/mol. The number of benzene rings is 1. The fourth-order valence-electron chi connectivity index (χ4n) is 1.48. The highest BCUT2D eigenvalue weighted by Gasteiger charge is 2.14. The fourth-order valence-corrected chi connectivity index (χ4v) is 2.25. The van der Waals surface area contributed by atoms with Crippen LogP contribution >= 0.6 is 27.5 Å². The summed E-state index contributed by atoms with van der Waals surface area (Å²) in [5.74, 6) is -1.00. The number of hydrogen-bond acceptors (Lipinski definition) is 1. The van der Waals surface area contributed by atoms with Crippen molar-refractivity contribution in [3.63, 3.8) is 0 Å². The van der Waals surface area contributed by atoms with Crippen LogP contribution in [0.4, 0.5) is 0 Å². The molecule has 2 aromatic rings. The molecule has 0 fully saturated rings. The highest BCUT2D eigenvalue weighted by atomic mass is 79.9. The minimum Gasteiger partial charge on any atom is -0.477 e. The number of halogens is 2. The first-order valence-electron chi connectivity index (χ1n) is 4.45. The lowest BCUT2D eigenvalue weighted by Crippen LogP contribution is -1.98. The quantitative estimate of drug-likeness (QED) is 0.886. The molecule has 0 aliphatic heterocycles. The normalized spacial score (nSPS) is 10.4. The molecule has 5 heteroatoms. The van der Waals surface area contributed by atoms with E-state index in [2.05, 4.69) is 20.9 Å². The van der Waals surface area contributed by atoms with Gasteiger partial charge < -0.3 is 10.1 Å². The maximum absolute atomic E-state index is 11.0. The summed E-state index contributed by atoms with van der Waals surface area (Å²) in [7, 11) is 0. The second-order valence-corrected chi connectivity index (χ2v) is 4.52. The van der Waals surface area contributed by atoms with Crippen LogP contribution in [0.5, 0.6) is 0 Å². The Labute approximate surface area is 105 Å². The molecule has 0 saturated carbocycles. The van der Waals surface area contributed by atoms with Gasteiger partial charge in [0.05, 0.1) is 0 Å². The van der Waals surface area contributed by atoms with E-state index in [1.54, 1.807) is 24.4 Å². The molecule has 0 aliphatic rings. The number of rotatable bonds is 2. The standard InChI is InChI=1S/C11H7BrClNO2/c12-6-1-2-7(9(13)5-6)8-3-4-14-10(8)11(15)16/h1-5,14H,(H,15,16). The highest BCUT2D eigenvalue weighted by molar-refractivity contribution is 9.10. The third-order valence-corrected chi connectivity index (χ3v) is 2.99. The number of nitrogens with one attached hydrogen (secondary N) is 1. The minimum atomic E-state index is -1.00. The summed E-state index contributed by atoms with van der Waals surface area (Å²) in [6, 6.07) is 7.02. The van der Waals surface area contributed by atoms with Gasteiger partial charge in [-0.05, 0) is 18.2 Å². The van der Waals surface area contributed by atoms with E-state index in [0.717, 1.165) is 4.47 Å². The number of hydrogen-bond donors (Lipinski definition) is 2. The molecule has 0 amide bonds. The molecular weight excluding hydrogens is 293 g/mol. The van der Waals surface area contributed by atoms with Crippen molar-refractivity contribution < 1.29 is 9.90 Å². The number of carboxylic acids is 1. The number of aromatic carboxylic acids is 1.